The van der Waals surface area contributed by atoms with Gasteiger partial charge in [-0.3, -0.25) is 14.5 Å². The molecule has 2 aromatic carbocycles. The molecular formula is C21H23N3O2S. The zero-order valence-corrected chi connectivity index (χ0v) is 16.3. The van der Waals surface area contributed by atoms with Gasteiger partial charge >= 0.3 is 0 Å². The Kier molecular flexibility index (Phi) is 6.29. The molecule has 140 valence electrons. The first-order valence-corrected chi connectivity index (χ1v) is 9.86. The van der Waals surface area contributed by atoms with E-state index in [4.69, 9.17) is 0 Å². The summed E-state index contributed by atoms with van der Waals surface area (Å²) in [7, 11) is 0. The summed E-state index contributed by atoms with van der Waals surface area (Å²) in [5.74, 6) is -0.186. The molecule has 0 unspecified atom stereocenters. The first kappa shape index (κ1) is 19.2. The Balaban J connectivity index is 1.66. The third-order valence-corrected chi connectivity index (χ3v) is 5.32. The summed E-state index contributed by atoms with van der Waals surface area (Å²) in [5.41, 5.74) is 1.83. The minimum absolute atomic E-state index is 0.00941. The first-order chi connectivity index (χ1) is 13.0. The normalized spacial score (nSPS) is 18.3. The molecule has 6 heteroatoms. The number of nitrogens with zero attached hydrogens (tertiary/aromatic N) is 2. The smallest absolute Gasteiger partial charge is 0.242 e. The van der Waals surface area contributed by atoms with Crippen molar-refractivity contribution < 1.29 is 9.59 Å². The molecule has 2 aromatic rings. The third-order valence-electron chi connectivity index (χ3n) is 4.17. The number of carbonyl (C=O) groups excluding carboxylic acids is 2. The number of para-hydroxylation sites is 1. The predicted octanol–water partition coefficient (Wildman–Crippen LogP) is 3.73. The van der Waals surface area contributed by atoms with Crippen LogP contribution in [0.1, 0.15) is 25.8 Å². The van der Waals surface area contributed by atoms with E-state index in [2.05, 4.69) is 10.3 Å². The molecule has 1 atom stereocenters. The zero-order chi connectivity index (χ0) is 19.2. The lowest BCUT2D eigenvalue weighted by molar-refractivity contribution is -0.130. The third kappa shape index (κ3) is 4.98. The lowest BCUT2D eigenvalue weighted by atomic mass is 10.2. The highest BCUT2D eigenvalue weighted by molar-refractivity contribution is 8.15. The van der Waals surface area contributed by atoms with Gasteiger partial charge in [0.2, 0.25) is 11.8 Å². The lowest BCUT2D eigenvalue weighted by Gasteiger charge is -2.20. The molecule has 0 saturated carbocycles. The van der Waals surface area contributed by atoms with Gasteiger partial charge in [0.05, 0.1) is 5.69 Å². The predicted molar refractivity (Wildman–Crippen MR) is 110 cm³/mol. The van der Waals surface area contributed by atoms with E-state index in [0.717, 1.165) is 11.3 Å². The summed E-state index contributed by atoms with van der Waals surface area (Å²) in [6.07, 6.45) is 0.146. The Labute approximate surface area is 163 Å². The highest BCUT2D eigenvalue weighted by Crippen LogP contribution is 2.32. The van der Waals surface area contributed by atoms with Crippen LogP contribution in [0.15, 0.2) is 65.7 Å². The van der Waals surface area contributed by atoms with Crippen molar-refractivity contribution in [2.75, 3.05) is 0 Å². The first-order valence-electron chi connectivity index (χ1n) is 8.98. The van der Waals surface area contributed by atoms with Crippen molar-refractivity contribution in [1.82, 2.24) is 10.2 Å². The van der Waals surface area contributed by atoms with E-state index in [9.17, 15) is 9.59 Å². The molecule has 0 bridgehead atoms. The summed E-state index contributed by atoms with van der Waals surface area (Å²) in [5, 5.41) is 3.11. The molecular weight excluding hydrogens is 358 g/mol. The molecule has 1 fully saturated rings. The number of amidine groups is 1. The fourth-order valence-corrected chi connectivity index (χ4v) is 4.09. The van der Waals surface area contributed by atoms with Gasteiger partial charge in [-0.15, -0.1) is 0 Å². The van der Waals surface area contributed by atoms with Gasteiger partial charge in [0.15, 0.2) is 5.17 Å². The summed E-state index contributed by atoms with van der Waals surface area (Å²) in [6.45, 7) is 4.37. The Morgan fingerprint density at radius 2 is 1.74 bits per heavy atom. The van der Waals surface area contributed by atoms with Crippen molar-refractivity contribution in [3.63, 3.8) is 0 Å². The molecule has 3 rings (SSSR count). The van der Waals surface area contributed by atoms with Gasteiger partial charge < -0.3 is 5.32 Å². The largest absolute Gasteiger partial charge is 0.352 e. The van der Waals surface area contributed by atoms with Gasteiger partial charge in [0, 0.05) is 19.0 Å². The van der Waals surface area contributed by atoms with Gasteiger partial charge in [0.1, 0.15) is 5.25 Å². The minimum Gasteiger partial charge on any atom is -0.352 e. The fourth-order valence-electron chi connectivity index (χ4n) is 2.82. The highest BCUT2D eigenvalue weighted by Gasteiger charge is 2.40. The van der Waals surface area contributed by atoms with Crippen molar-refractivity contribution in [3.8, 4) is 0 Å². The maximum absolute atomic E-state index is 12.8. The maximum atomic E-state index is 12.8. The van der Waals surface area contributed by atoms with Gasteiger partial charge in [-0.25, -0.2) is 4.99 Å². The van der Waals surface area contributed by atoms with Crippen molar-refractivity contribution in [1.29, 1.82) is 0 Å². The summed E-state index contributed by atoms with van der Waals surface area (Å²) >= 11 is 1.37. The molecule has 27 heavy (non-hydrogen) atoms. The van der Waals surface area contributed by atoms with E-state index in [1.165, 1.54) is 11.8 Å². The van der Waals surface area contributed by atoms with Crippen LogP contribution in [-0.4, -0.2) is 33.2 Å². The Morgan fingerprint density at radius 3 is 2.37 bits per heavy atom. The van der Waals surface area contributed by atoms with Gasteiger partial charge in [-0.05, 0) is 31.5 Å². The number of hydrogen-bond donors (Lipinski definition) is 1. The van der Waals surface area contributed by atoms with Crippen LogP contribution < -0.4 is 5.32 Å². The number of aliphatic imine (C=N–C) groups is 1. The van der Waals surface area contributed by atoms with E-state index in [0.29, 0.717) is 11.7 Å². The number of benzene rings is 2. The molecule has 1 heterocycles. The second kappa shape index (κ2) is 8.86. The van der Waals surface area contributed by atoms with E-state index in [1.807, 2.05) is 74.5 Å². The number of amides is 2. The molecule has 1 aliphatic heterocycles. The van der Waals surface area contributed by atoms with Crippen LogP contribution in [0.3, 0.4) is 0 Å². The van der Waals surface area contributed by atoms with Gasteiger partial charge in [-0.1, -0.05) is 60.3 Å². The minimum atomic E-state index is -0.439. The molecule has 1 aliphatic rings. The van der Waals surface area contributed by atoms with Crippen molar-refractivity contribution in [2.24, 2.45) is 4.99 Å². The van der Waals surface area contributed by atoms with Crippen molar-refractivity contribution in [3.05, 3.63) is 66.2 Å². The van der Waals surface area contributed by atoms with Crippen molar-refractivity contribution >= 4 is 34.4 Å². The molecule has 1 N–H and O–H groups in total. The van der Waals surface area contributed by atoms with Gasteiger partial charge in [0.25, 0.3) is 0 Å². The molecule has 0 aliphatic carbocycles. The molecule has 1 saturated heterocycles. The second-order valence-corrected chi connectivity index (χ2v) is 7.77. The average Bonchev–Trinajstić information content (AvgIpc) is 2.97. The monoisotopic (exact) mass is 381 g/mol. The number of carbonyl (C=O) groups is 2. The van der Waals surface area contributed by atoms with Crippen LogP contribution in [0.2, 0.25) is 0 Å². The standard InChI is InChI=1S/C21H23N3O2S/c1-15(2)24-20(26)18(27-21(24)23-17-11-7-4-8-12-17)13-19(25)22-14-16-9-5-3-6-10-16/h3-12,15,18H,13-14H2,1-2H3,(H,22,25)/t18-/m1/s1. The van der Waals surface area contributed by atoms with Crippen LogP contribution in [0, 0.1) is 0 Å². The molecule has 0 spiro atoms. The van der Waals surface area contributed by atoms with Crippen LogP contribution in [0.25, 0.3) is 0 Å². The number of thioether (sulfide) groups is 1. The van der Waals surface area contributed by atoms with Crippen LogP contribution in [0.4, 0.5) is 5.69 Å². The Hall–Kier alpha value is -2.60. The molecule has 2 amide bonds. The number of nitrogens with one attached hydrogen (secondary N) is 1. The van der Waals surface area contributed by atoms with E-state index in [-0.39, 0.29) is 24.3 Å². The van der Waals surface area contributed by atoms with E-state index >= 15 is 0 Å². The summed E-state index contributed by atoms with van der Waals surface area (Å²) < 4.78 is 0. The van der Waals surface area contributed by atoms with Crippen LogP contribution in [0.5, 0.6) is 0 Å². The number of rotatable bonds is 6. The average molecular weight is 382 g/mol. The highest BCUT2D eigenvalue weighted by atomic mass is 32.2. The van der Waals surface area contributed by atoms with E-state index < -0.39 is 5.25 Å². The topological polar surface area (TPSA) is 61.8 Å². The second-order valence-electron chi connectivity index (χ2n) is 6.60. The molecule has 5 nitrogen and oxygen atoms in total. The summed E-state index contributed by atoms with van der Waals surface area (Å²) in [6, 6.07) is 19.3. The molecule has 0 aromatic heterocycles. The Morgan fingerprint density at radius 1 is 1.11 bits per heavy atom. The van der Waals surface area contributed by atoms with Crippen LogP contribution in [-0.2, 0) is 16.1 Å². The summed E-state index contributed by atoms with van der Waals surface area (Å²) in [4.78, 5) is 31.4. The fraction of sp³-hybridized carbons (Fsp3) is 0.286. The Bertz CT molecular complexity index is 822. The zero-order valence-electron chi connectivity index (χ0n) is 15.5. The SMILES string of the molecule is CC(C)N1C(=O)[C@@H](CC(=O)NCc2ccccc2)SC1=Nc1ccccc1. The van der Waals surface area contributed by atoms with Crippen LogP contribution >= 0.6 is 11.8 Å². The lowest BCUT2D eigenvalue weighted by Crippen LogP contribution is -2.38. The maximum Gasteiger partial charge on any atom is 0.242 e. The van der Waals surface area contributed by atoms with Crippen molar-refractivity contribution in [2.45, 2.75) is 38.1 Å². The van der Waals surface area contributed by atoms with E-state index in [1.54, 1.807) is 4.90 Å². The van der Waals surface area contributed by atoms with Gasteiger partial charge in [-0.2, -0.15) is 0 Å². The number of hydrogen-bond acceptors (Lipinski definition) is 4. The molecule has 0 radical (unpaired) electrons. The quantitative estimate of drug-likeness (QED) is 0.829.